The van der Waals surface area contributed by atoms with Crippen LogP contribution >= 0.6 is 0 Å². The normalized spacial score (nSPS) is 22.6. The van der Waals surface area contributed by atoms with Gasteiger partial charge < -0.3 is 15.1 Å². The van der Waals surface area contributed by atoms with E-state index in [9.17, 15) is 10.2 Å². The van der Waals surface area contributed by atoms with Crippen LogP contribution in [0.1, 0.15) is 17.7 Å². The van der Waals surface area contributed by atoms with Gasteiger partial charge in [0.15, 0.2) is 5.82 Å². The van der Waals surface area contributed by atoms with Crippen LogP contribution in [0, 0.1) is 6.92 Å². The summed E-state index contributed by atoms with van der Waals surface area (Å²) in [6, 6.07) is 15.0. The molecule has 3 aromatic rings. The van der Waals surface area contributed by atoms with Crippen LogP contribution in [0.15, 0.2) is 60.9 Å². The van der Waals surface area contributed by atoms with Gasteiger partial charge in [-0.2, -0.15) is 0 Å². The third-order valence-electron chi connectivity index (χ3n) is 5.07. The summed E-state index contributed by atoms with van der Waals surface area (Å²) >= 11 is 0. The summed E-state index contributed by atoms with van der Waals surface area (Å²) in [4.78, 5) is 15.3. The number of β-amino-alcohol motifs (C(OH)–C–C–N with tert-alkyl or cyclic N) is 1. The first-order valence-electron chi connectivity index (χ1n) is 9.03. The zero-order valence-electron chi connectivity index (χ0n) is 15.2. The maximum atomic E-state index is 11.0. The molecule has 138 valence electrons. The topological polar surface area (TPSA) is 82.4 Å². The predicted molar refractivity (Wildman–Crippen MR) is 103 cm³/mol. The number of aromatic nitrogens is 3. The number of aryl methyl sites for hydroxylation is 1. The summed E-state index contributed by atoms with van der Waals surface area (Å²) in [5, 5.41) is 21.8. The van der Waals surface area contributed by atoms with Crippen molar-refractivity contribution in [3.05, 3.63) is 72.2 Å². The third-order valence-corrected chi connectivity index (χ3v) is 5.07. The summed E-state index contributed by atoms with van der Waals surface area (Å²) in [6.45, 7) is 2.81. The van der Waals surface area contributed by atoms with Gasteiger partial charge in [0.05, 0.1) is 0 Å². The average molecular weight is 362 g/mol. The highest BCUT2D eigenvalue weighted by molar-refractivity contribution is 5.57. The Morgan fingerprint density at radius 2 is 1.93 bits per heavy atom. The number of aliphatic hydroxyl groups is 2. The molecule has 27 heavy (non-hydrogen) atoms. The number of anilines is 1. The van der Waals surface area contributed by atoms with Crippen molar-refractivity contribution in [1.82, 2.24) is 15.0 Å². The van der Waals surface area contributed by atoms with Crippen molar-refractivity contribution in [2.24, 2.45) is 0 Å². The fourth-order valence-corrected chi connectivity index (χ4v) is 3.53. The van der Waals surface area contributed by atoms with Crippen molar-refractivity contribution in [3.8, 4) is 11.4 Å². The number of pyridine rings is 1. The molecule has 2 aromatic heterocycles. The lowest BCUT2D eigenvalue weighted by Crippen LogP contribution is -2.53. The molecule has 0 bridgehead atoms. The maximum Gasteiger partial charge on any atom is 0.163 e. The summed E-state index contributed by atoms with van der Waals surface area (Å²) in [5.41, 5.74) is 1.19. The first-order valence-corrected chi connectivity index (χ1v) is 9.03. The fourth-order valence-electron chi connectivity index (χ4n) is 3.53. The van der Waals surface area contributed by atoms with Gasteiger partial charge in [-0.1, -0.05) is 30.3 Å². The lowest BCUT2D eigenvalue weighted by Gasteiger charge is -2.43. The van der Waals surface area contributed by atoms with Crippen molar-refractivity contribution in [2.45, 2.75) is 25.0 Å². The SMILES string of the molecule is Cc1cc(N2CC[C@](O)(c3ccccc3)[C@@H](O)C2)nc(-c2cccnc2)n1. The van der Waals surface area contributed by atoms with Crippen LogP contribution in [0.3, 0.4) is 0 Å². The lowest BCUT2D eigenvalue weighted by atomic mass is 9.82. The van der Waals surface area contributed by atoms with Crippen molar-refractivity contribution in [3.63, 3.8) is 0 Å². The number of aliphatic hydroxyl groups excluding tert-OH is 1. The Balaban J connectivity index is 1.60. The molecule has 1 aliphatic heterocycles. The van der Waals surface area contributed by atoms with Crippen LogP contribution in [0.25, 0.3) is 11.4 Å². The van der Waals surface area contributed by atoms with Crippen LogP contribution in [-0.2, 0) is 5.60 Å². The van der Waals surface area contributed by atoms with Gasteiger partial charge in [0.2, 0.25) is 0 Å². The molecule has 0 saturated carbocycles. The Morgan fingerprint density at radius 3 is 2.63 bits per heavy atom. The van der Waals surface area contributed by atoms with Gasteiger partial charge in [0, 0.05) is 49.2 Å². The highest BCUT2D eigenvalue weighted by Gasteiger charge is 2.42. The Morgan fingerprint density at radius 1 is 1.11 bits per heavy atom. The molecule has 0 unspecified atom stereocenters. The Labute approximate surface area is 158 Å². The van der Waals surface area contributed by atoms with E-state index in [1.165, 1.54) is 0 Å². The number of hydrogen-bond acceptors (Lipinski definition) is 6. The first kappa shape index (κ1) is 17.6. The summed E-state index contributed by atoms with van der Waals surface area (Å²) in [5.74, 6) is 1.35. The van der Waals surface area contributed by atoms with Crippen LogP contribution in [0.2, 0.25) is 0 Å². The molecule has 6 nitrogen and oxygen atoms in total. The zero-order chi connectivity index (χ0) is 18.9. The van der Waals surface area contributed by atoms with Gasteiger partial charge >= 0.3 is 0 Å². The van der Waals surface area contributed by atoms with E-state index in [-0.39, 0.29) is 0 Å². The van der Waals surface area contributed by atoms with E-state index in [4.69, 9.17) is 0 Å². The highest BCUT2D eigenvalue weighted by Crippen LogP contribution is 2.34. The van der Waals surface area contributed by atoms with E-state index in [0.29, 0.717) is 25.3 Å². The molecule has 0 spiro atoms. The van der Waals surface area contributed by atoms with Crippen molar-refractivity contribution in [1.29, 1.82) is 0 Å². The number of rotatable bonds is 3. The molecular formula is C21H22N4O2. The van der Waals surface area contributed by atoms with E-state index in [0.717, 1.165) is 22.6 Å². The second kappa shape index (κ2) is 7.06. The standard InChI is InChI=1S/C21H22N4O2/c1-15-12-19(24-20(23-15)16-6-5-10-22-13-16)25-11-9-21(27,18(26)14-25)17-7-3-2-4-8-17/h2-8,10,12-13,18,26-27H,9,11,14H2,1H3/t18-,21-/m0/s1. The maximum absolute atomic E-state index is 11.0. The number of benzene rings is 1. The Bertz CT molecular complexity index is 920. The summed E-state index contributed by atoms with van der Waals surface area (Å²) in [6.07, 6.45) is 2.96. The van der Waals surface area contributed by atoms with E-state index < -0.39 is 11.7 Å². The van der Waals surface area contributed by atoms with E-state index in [2.05, 4.69) is 15.0 Å². The molecule has 0 aliphatic carbocycles. The van der Waals surface area contributed by atoms with E-state index in [1.54, 1.807) is 12.4 Å². The molecular weight excluding hydrogens is 340 g/mol. The molecule has 6 heteroatoms. The summed E-state index contributed by atoms with van der Waals surface area (Å²) in [7, 11) is 0. The minimum Gasteiger partial charge on any atom is -0.388 e. The zero-order valence-corrected chi connectivity index (χ0v) is 15.2. The summed E-state index contributed by atoms with van der Waals surface area (Å²) < 4.78 is 0. The molecule has 1 aromatic carbocycles. The van der Waals surface area contributed by atoms with Crippen LogP contribution < -0.4 is 4.90 Å². The smallest absolute Gasteiger partial charge is 0.163 e. The molecule has 1 fully saturated rings. The molecule has 0 amide bonds. The molecule has 0 radical (unpaired) electrons. The van der Waals surface area contributed by atoms with Crippen LogP contribution in [0.5, 0.6) is 0 Å². The Hall–Kier alpha value is -2.83. The molecule has 1 saturated heterocycles. The minimum absolute atomic E-state index is 0.300. The monoisotopic (exact) mass is 362 g/mol. The lowest BCUT2D eigenvalue weighted by molar-refractivity contribution is -0.0918. The molecule has 2 atom stereocenters. The van der Waals surface area contributed by atoms with Gasteiger partial charge in [-0.15, -0.1) is 0 Å². The average Bonchev–Trinajstić information content (AvgIpc) is 2.71. The van der Waals surface area contributed by atoms with Gasteiger partial charge in [-0.3, -0.25) is 4.98 Å². The van der Waals surface area contributed by atoms with Crippen LogP contribution in [0.4, 0.5) is 5.82 Å². The van der Waals surface area contributed by atoms with Crippen LogP contribution in [-0.4, -0.2) is 44.4 Å². The first-order chi connectivity index (χ1) is 13.1. The molecule has 4 rings (SSSR count). The number of hydrogen-bond donors (Lipinski definition) is 2. The van der Waals surface area contributed by atoms with Gasteiger partial charge in [0.1, 0.15) is 17.5 Å². The minimum atomic E-state index is -1.24. The van der Waals surface area contributed by atoms with E-state index >= 15 is 0 Å². The quantitative estimate of drug-likeness (QED) is 0.744. The highest BCUT2D eigenvalue weighted by atomic mass is 16.3. The largest absolute Gasteiger partial charge is 0.388 e. The second-order valence-corrected chi connectivity index (χ2v) is 6.93. The van der Waals surface area contributed by atoms with Gasteiger partial charge in [0.25, 0.3) is 0 Å². The van der Waals surface area contributed by atoms with Crippen molar-refractivity contribution >= 4 is 5.82 Å². The third kappa shape index (κ3) is 3.41. The van der Waals surface area contributed by atoms with Crippen molar-refractivity contribution < 1.29 is 10.2 Å². The Kier molecular flexibility index (Phi) is 4.59. The van der Waals surface area contributed by atoms with E-state index in [1.807, 2.05) is 60.4 Å². The second-order valence-electron chi connectivity index (χ2n) is 6.93. The molecule has 1 aliphatic rings. The number of piperidine rings is 1. The van der Waals surface area contributed by atoms with Gasteiger partial charge in [-0.25, -0.2) is 9.97 Å². The van der Waals surface area contributed by atoms with Crippen molar-refractivity contribution in [2.75, 3.05) is 18.0 Å². The number of nitrogens with zero attached hydrogens (tertiary/aromatic N) is 4. The molecule has 3 heterocycles. The molecule has 2 N–H and O–H groups in total. The fraction of sp³-hybridized carbons (Fsp3) is 0.286. The predicted octanol–water partition coefficient (Wildman–Crippen LogP) is 2.31. The van der Waals surface area contributed by atoms with Gasteiger partial charge in [-0.05, 0) is 24.6 Å².